The summed E-state index contributed by atoms with van der Waals surface area (Å²) in [5, 5.41) is 1.01. The highest BCUT2D eigenvalue weighted by Gasteiger charge is 2.19. The second-order valence-corrected chi connectivity index (χ2v) is 6.93. The third-order valence-corrected chi connectivity index (χ3v) is 5.15. The number of hydrogen-bond donors (Lipinski definition) is 0. The van der Waals surface area contributed by atoms with Crippen LogP contribution in [-0.2, 0) is 6.54 Å². The van der Waals surface area contributed by atoms with Crippen LogP contribution < -0.4 is 15.4 Å². The largest absolute Gasteiger partial charge is 0.377 e. The Kier molecular flexibility index (Phi) is 3.54. The van der Waals surface area contributed by atoms with E-state index in [4.69, 9.17) is 0 Å². The summed E-state index contributed by atoms with van der Waals surface area (Å²) in [6.07, 6.45) is 3.55. The lowest BCUT2D eigenvalue weighted by Crippen LogP contribution is -2.20. The summed E-state index contributed by atoms with van der Waals surface area (Å²) in [7, 11) is 3.99. The fraction of sp³-hybridized carbons (Fsp3) is 0.167. The van der Waals surface area contributed by atoms with E-state index < -0.39 is 0 Å². The molecule has 3 aromatic heterocycles. The third kappa shape index (κ3) is 2.35. The number of fused-ring (bicyclic) bond motifs is 3. The van der Waals surface area contributed by atoms with Crippen LogP contribution in [0.5, 0.6) is 0 Å². The number of aromatic amines is 1. The van der Waals surface area contributed by atoms with Crippen LogP contribution in [0.25, 0.3) is 20.4 Å². The standard InChI is InChI=1S/C18H16N4OS/c1-21(2)13-8-9-19-17-14(13)15-16(24-17)18(23)22(11-20-15)10-12-6-4-3-5-7-12/h3-9,11H,10H2,1-2H3/p+1. The zero-order valence-corrected chi connectivity index (χ0v) is 14.3. The average molecular weight is 337 g/mol. The van der Waals surface area contributed by atoms with E-state index in [0.717, 1.165) is 27.0 Å². The van der Waals surface area contributed by atoms with Gasteiger partial charge in [0.05, 0.1) is 18.6 Å². The maximum absolute atomic E-state index is 12.9. The molecule has 0 aliphatic carbocycles. The van der Waals surface area contributed by atoms with Gasteiger partial charge in [0.25, 0.3) is 10.4 Å². The minimum atomic E-state index is 0.00293. The summed E-state index contributed by atoms with van der Waals surface area (Å²) in [5.74, 6) is 0. The molecule has 1 aromatic carbocycles. The Morgan fingerprint density at radius 3 is 2.75 bits per heavy atom. The average Bonchev–Trinajstić information content (AvgIpc) is 2.98. The van der Waals surface area contributed by atoms with Crippen LogP contribution in [0.2, 0.25) is 0 Å². The molecule has 5 nitrogen and oxygen atoms in total. The monoisotopic (exact) mass is 337 g/mol. The molecule has 24 heavy (non-hydrogen) atoms. The molecule has 0 spiro atoms. The molecule has 120 valence electrons. The summed E-state index contributed by atoms with van der Waals surface area (Å²) in [4.78, 5) is 23.7. The van der Waals surface area contributed by atoms with Gasteiger partial charge in [0.2, 0.25) is 0 Å². The van der Waals surface area contributed by atoms with E-state index in [9.17, 15) is 4.79 Å². The van der Waals surface area contributed by atoms with Crippen LogP contribution in [0.3, 0.4) is 0 Å². The lowest BCUT2D eigenvalue weighted by atomic mass is 10.2. The first kappa shape index (κ1) is 14.8. The van der Waals surface area contributed by atoms with Crippen molar-refractivity contribution in [1.29, 1.82) is 0 Å². The van der Waals surface area contributed by atoms with E-state index >= 15 is 0 Å². The van der Waals surface area contributed by atoms with Crippen molar-refractivity contribution >= 4 is 37.5 Å². The number of benzene rings is 1. The van der Waals surface area contributed by atoms with Gasteiger partial charge in [-0.2, -0.15) is 0 Å². The first-order valence-electron chi connectivity index (χ1n) is 7.69. The Balaban J connectivity index is 1.93. The van der Waals surface area contributed by atoms with Crippen molar-refractivity contribution in [2.45, 2.75) is 6.54 Å². The van der Waals surface area contributed by atoms with Gasteiger partial charge in [-0.05, 0) is 5.56 Å². The lowest BCUT2D eigenvalue weighted by molar-refractivity contribution is -0.341. The van der Waals surface area contributed by atoms with Crippen LogP contribution in [0.1, 0.15) is 5.56 Å². The highest BCUT2D eigenvalue weighted by Crippen LogP contribution is 2.33. The van der Waals surface area contributed by atoms with Gasteiger partial charge < -0.3 is 4.90 Å². The Labute approximate surface area is 142 Å². The number of hydrogen-bond acceptors (Lipinski definition) is 4. The normalized spacial score (nSPS) is 11.2. The van der Waals surface area contributed by atoms with Crippen molar-refractivity contribution < 1.29 is 4.98 Å². The van der Waals surface area contributed by atoms with Gasteiger partial charge >= 0.3 is 0 Å². The van der Waals surface area contributed by atoms with Crippen molar-refractivity contribution in [1.82, 2.24) is 9.55 Å². The maximum Gasteiger partial charge on any atom is 0.272 e. The summed E-state index contributed by atoms with van der Waals surface area (Å²) in [6.45, 7) is 0.529. The molecular weight excluding hydrogens is 320 g/mol. The van der Waals surface area contributed by atoms with Crippen molar-refractivity contribution in [3.8, 4) is 0 Å². The number of thiophene rings is 1. The van der Waals surface area contributed by atoms with Gasteiger partial charge in [-0.15, -0.1) is 0 Å². The Morgan fingerprint density at radius 2 is 2.00 bits per heavy atom. The predicted octanol–water partition coefficient (Wildman–Crippen LogP) is 2.54. The SMILES string of the molecule is CN(C)c1cc[nH+]c2sc3c(=O)n(Cc4ccccc4)cnc3c12. The van der Waals surface area contributed by atoms with Crippen LogP contribution in [0, 0.1) is 0 Å². The Hall–Kier alpha value is -2.73. The summed E-state index contributed by atoms with van der Waals surface area (Å²) >= 11 is 1.47. The first-order valence-corrected chi connectivity index (χ1v) is 8.50. The predicted molar refractivity (Wildman–Crippen MR) is 97.8 cm³/mol. The van der Waals surface area contributed by atoms with E-state index in [1.54, 1.807) is 10.9 Å². The number of pyridine rings is 1. The van der Waals surface area contributed by atoms with Crippen LogP contribution in [-0.4, -0.2) is 23.6 Å². The molecule has 0 aliphatic rings. The van der Waals surface area contributed by atoms with Gasteiger partial charge in [-0.3, -0.25) is 9.36 Å². The number of nitrogens with one attached hydrogen (secondary N) is 1. The quantitative estimate of drug-likeness (QED) is 0.577. The summed E-state index contributed by atoms with van der Waals surface area (Å²) in [5.41, 5.74) is 2.91. The van der Waals surface area contributed by atoms with Crippen LogP contribution >= 0.6 is 11.3 Å². The smallest absolute Gasteiger partial charge is 0.272 e. The molecule has 0 radical (unpaired) electrons. The van der Waals surface area contributed by atoms with E-state index in [1.165, 1.54) is 11.3 Å². The highest BCUT2D eigenvalue weighted by molar-refractivity contribution is 7.25. The van der Waals surface area contributed by atoms with Crippen molar-refractivity contribution in [2.75, 3.05) is 19.0 Å². The van der Waals surface area contributed by atoms with E-state index in [0.29, 0.717) is 11.2 Å². The molecule has 0 atom stereocenters. The number of H-pyrrole nitrogens is 1. The molecule has 4 rings (SSSR count). The van der Waals surface area contributed by atoms with Gasteiger partial charge in [0.15, 0.2) is 6.20 Å². The topological polar surface area (TPSA) is 52.3 Å². The maximum atomic E-state index is 12.9. The Bertz CT molecular complexity index is 1080. The van der Waals surface area contributed by atoms with Crippen molar-refractivity contribution in [3.05, 3.63) is 64.8 Å². The minimum Gasteiger partial charge on any atom is -0.377 e. The molecule has 0 saturated carbocycles. The van der Waals surface area contributed by atoms with Crippen molar-refractivity contribution in [3.63, 3.8) is 0 Å². The van der Waals surface area contributed by atoms with E-state index in [-0.39, 0.29) is 5.56 Å². The molecule has 0 bridgehead atoms. The molecule has 1 N–H and O–H groups in total. The summed E-state index contributed by atoms with van der Waals surface area (Å²) in [6, 6.07) is 12.0. The van der Waals surface area contributed by atoms with E-state index in [2.05, 4.69) is 9.97 Å². The lowest BCUT2D eigenvalue weighted by Gasteiger charge is -2.11. The van der Waals surface area contributed by atoms with E-state index in [1.807, 2.05) is 61.6 Å². The Morgan fingerprint density at radius 1 is 1.21 bits per heavy atom. The van der Waals surface area contributed by atoms with Gasteiger partial charge in [0.1, 0.15) is 15.6 Å². The molecule has 0 amide bonds. The minimum absolute atomic E-state index is 0.00293. The molecular formula is C18H17N4OS+. The fourth-order valence-electron chi connectivity index (χ4n) is 2.89. The van der Waals surface area contributed by atoms with Crippen LogP contribution in [0.15, 0.2) is 53.7 Å². The molecule has 4 aromatic rings. The number of rotatable bonds is 3. The van der Waals surface area contributed by atoms with Gasteiger partial charge in [-0.25, -0.2) is 9.97 Å². The van der Waals surface area contributed by atoms with Crippen LogP contribution in [0.4, 0.5) is 5.69 Å². The second-order valence-electron chi connectivity index (χ2n) is 5.90. The van der Waals surface area contributed by atoms with Gasteiger partial charge in [-0.1, -0.05) is 41.7 Å². The molecule has 0 aliphatic heterocycles. The highest BCUT2D eigenvalue weighted by atomic mass is 32.1. The first-order chi connectivity index (χ1) is 11.6. The van der Waals surface area contributed by atoms with Gasteiger partial charge in [0, 0.05) is 20.2 Å². The number of aromatic nitrogens is 3. The molecule has 0 fully saturated rings. The number of nitrogens with zero attached hydrogens (tertiary/aromatic N) is 3. The zero-order valence-electron chi connectivity index (χ0n) is 13.5. The summed E-state index contributed by atoms with van der Waals surface area (Å²) < 4.78 is 2.36. The molecule has 0 saturated heterocycles. The van der Waals surface area contributed by atoms with Crippen molar-refractivity contribution in [2.24, 2.45) is 0 Å². The number of anilines is 1. The molecule has 3 heterocycles. The molecule has 0 unspecified atom stereocenters. The second kappa shape index (κ2) is 5.72. The third-order valence-electron chi connectivity index (χ3n) is 4.05. The zero-order chi connectivity index (χ0) is 16.7. The molecule has 6 heteroatoms. The fourth-order valence-corrected chi connectivity index (χ4v) is 3.98.